The van der Waals surface area contributed by atoms with E-state index in [1.165, 1.54) is 31.4 Å². The molecular formula is C14H11ClF3NO3S. The molecule has 0 heterocycles. The van der Waals surface area contributed by atoms with Crippen LogP contribution in [-0.4, -0.2) is 15.5 Å². The van der Waals surface area contributed by atoms with E-state index in [1.54, 1.807) is 0 Å². The highest BCUT2D eigenvalue weighted by atomic mass is 35.5. The Balaban J connectivity index is 2.49. The van der Waals surface area contributed by atoms with Gasteiger partial charge in [-0.1, -0.05) is 23.7 Å². The summed E-state index contributed by atoms with van der Waals surface area (Å²) in [6, 6.07) is 8.02. The molecule has 0 saturated carbocycles. The number of methoxy groups -OCH3 is 1. The van der Waals surface area contributed by atoms with Gasteiger partial charge in [0.2, 0.25) is 0 Å². The van der Waals surface area contributed by atoms with Crippen molar-refractivity contribution in [2.45, 2.75) is 11.1 Å². The SMILES string of the molecule is COc1ccc(Cl)c(NS(=O)(=O)c2ccccc2C(F)(F)F)c1. The van der Waals surface area contributed by atoms with Crippen LogP contribution in [-0.2, 0) is 16.2 Å². The van der Waals surface area contributed by atoms with Gasteiger partial charge in [0.05, 0.1) is 28.3 Å². The van der Waals surface area contributed by atoms with Crippen LogP contribution in [0.3, 0.4) is 0 Å². The minimum Gasteiger partial charge on any atom is -0.497 e. The number of alkyl halides is 3. The molecule has 0 aliphatic carbocycles. The van der Waals surface area contributed by atoms with Crippen molar-refractivity contribution in [2.24, 2.45) is 0 Å². The van der Waals surface area contributed by atoms with Gasteiger partial charge in [-0.05, 0) is 24.3 Å². The molecule has 9 heteroatoms. The number of anilines is 1. The van der Waals surface area contributed by atoms with Crippen LogP contribution in [0.2, 0.25) is 5.02 Å². The molecule has 0 amide bonds. The average molecular weight is 366 g/mol. The normalized spacial score (nSPS) is 12.0. The molecule has 1 N–H and O–H groups in total. The van der Waals surface area contributed by atoms with Crippen molar-refractivity contribution >= 4 is 27.3 Å². The monoisotopic (exact) mass is 365 g/mol. The summed E-state index contributed by atoms with van der Waals surface area (Å²) in [6.45, 7) is 0. The summed E-state index contributed by atoms with van der Waals surface area (Å²) in [7, 11) is -3.12. The van der Waals surface area contributed by atoms with Crippen LogP contribution in [0.4, 0.5) is 18.9 Å². The highest BCUT2D eigenvalue weighted by molar-refractivity contribution is 7.92. The van der Waals surface area contributed by atoms with Gasteiger partial charge in [0.15, 0.2) is 0 Å². The summed E-state index contributed by atoms with van der Waals surface area (Å²) in [5.74, 6) is 0.302. The number of nitrogens with one attached hydrogen (secondary N) is 1. The molecule has 0 bridgehead atoms. The summed E-state index contributed by atoms with van der Waals surface area (Å²) in [5.41, 5.74) is -1.34. The molecule has 0 radical (unpaired) electrons. The first-order valence-corrected chi connectivity index (χ1v) is 8.04. The molecule has 0 spiro atoms. The number of halogens is 4. The molecule has 0 fully saturated rings. The maximum absolute atomic E-state index is 13.0. The van der Waals surface area contributed by atoms with Gasteiger partial charge in [0.1, 0.15) is 5.75 Å². The van der Waals surface area contributed by atoms with Crippen molar-refractivity contribution < 1.29 is 26.3 Å². The lowest BCUT2D eigenvalue weighted by molar-refractivity contribution is -0.139. The van der Waals surface area contributed by atoms with Gasteiger partial charge in [-0.25, -0.2) is 8.42 Å². The standard InChI is InChI=1S/C14H11ClF3NO3S/c1-22-9-6-7-11(15)12(8-9)19-23(20,21)13-5-3-2-4-10(13)14(16,17)18/h2-8,19H,1H3. The quantitative estimate of drug-likeness (QED) is 0.884. The van der Waals surface area contributed by atoms with Crippen LogP contribution >= 0.6 is 11.6 Å². The van der Waals surface area contributed by atoms with E-state index in [9.17, 15) is 21.6 Å². The van der Waals surface area contributed by atoms with Crippen molar-refractivity contribution in [1.29, 1.82) is 0 Å². The Morgan fingerprint density at radius 1 is 1.13 bits per heavy atom. The van der Waals surface area contributed by atoms with Gasteiger partial charge in [0, 0.05) is 6.07 Å². The summed E-state index contributed by atoms with van der Waals surface area (Å²) in [5, 5.41) is 0.0267. The smallest absolute Gasteiger partial charge is 0.417 e. The van der Waals surface area contributed by atoms with E-state index in [4.69, 9.17) is 16.3 Å². The van der Waals surface area contributed by atoms with Gasteiger partial charge < -0.3 is 4.74 Å². The molecule has 0 aliphatic rings. The zero-order chi connectivity index (χ0) is 17.3. The Hall–Kier alpha value is -1.93. The van der Waals surface area contributed by atoms with E-state index in [-0.39, 0.29) is 10.7 Å². The third kappa shape index (κ3) is 3.89. The fourth-order valence-electron chi connectivity index (χ4n) is 1.84. The molecule has 2 rings (SSSR count). The number of hydrogen-bond donors (Lipinski definition) is 1. The van der Waals surface area contributed by atoms with E-state index in [0.29, 0.717) is 11.8 Å². The fraction of sp³-hybridized carbons (Fsp3) is 0.143. The van der Waals surface area contributed by atoms with Gasteiger partial charge in [-0.15, -0.1) is 0 Å². The Morgan fingerprint density at radius 2 is 1.78 bits per heavy atom. The lowest BCUT2D eigenvalue weighted by atomic mass is 10.2. The number of benzene rings is 2. The van der Waals surface area contributed by atoms with E-state index in [0.717, 1.165) is 12.1 Å². The minimum absolute atomic E-state index is 0.0267. The van der Waals surface area contributed by atoms with Crippen LogP contribution in [0.25, 0.3) is 0 Å². The first kappa shape index (κ1) is 17.4. The number of sulfonamides is 1. The first-order valence-electron chi connectivity index (χ1n) is 6.18. The van der Waals surface area contributed by atoms with Crippen molar-refractivity contribution in [3.8, 4) is 5.75 Å². The molecular weight excluding hydrogens is 355 g/mol. The maximum Gasteiger partial charge on any atom is 0.417 e. The molecule has 2 aromatic carbocycles. The van der Waals surface area contributed by atoms with Crippen molar-refractivity contribution in [3.63, 3.8) is 0 Å². The van der Waals surface area contributed by atoms with Gasteiger partial charge >= 0.3 is 6.18 Å². The predicted molar refractivity (Wildman–Crippen MR) is 80.3 cm³/mol. The van der Waals surface area contributed by atoms with Gasteiger partial charge in [-0.3, -0.25) is 4.72 Å². The summed E-state index contributed by atoms with van der Waals surface area (Å²) >= 11 is 5.87. The van der Waals surface area contributed by atoms with Crippen LogP contribution in [0, 0.1) is 0 Å². The molecule has 0 unspecified atom stereocenters. The maximum atomic E-state index is 13.0. The number of rotatable bonds is 4. The Kier molecular flexibility index (Phi) is 4.76. The third-order valence-corrected chi connectivity index (χ3v) is 4.65. The topological polar surface area (TPSA) is 55.4 Å². The average Bonchev–Trinajstić information content (AvgIpc) is 2.48. The lowest BCUT2D eigenvalue weighted by Crippen LogP contribution is -2.19. The fourth-order valence-corrected chi connectivity index (χ4v) is 3.36. The first-order chi connectivity index (χ1) is 10.6. The number of hydrogen-bond acceptors (Lipinski definition) is 3. The summed E-state index contributed by atoms with van der Waals surface area (Å²) in [4.78, 5) is -0.883. The second-order valence-corrected chi connectivity index (χ2v) is 6.50. The van der Waals surface area contributed by atoms with Crippen LogP contribution in [0.5, 0.6) is 5.75 Å². The molecule has 4 nitrogen and oxygen atoms in total. The molecule has 23 heavy (non-hydrogen) atoms. The highest BCUT2D eigenvalue weighted by Gasteiger charge is 2.37. The zero-order valence-electron chi connectivity index (χ0n) is 11.7. The molecule has 0 atom stereocenters. The second kappa shape index (κ2) is 6.29. The molecule has 2 aromatic rings. The lowest BCUT2D eigenvalue weighted by Gasteiger charge is -2.15. The summed E-state index contributed by atoms with van der Waals surface area (Å²) in [6.07, 6.45) is -4.80. The Bertz CT molecular complexity index is 822. The van der Waals surface area contributed by atoms with Gasteiger partial charge in [0.25, 0.3) is 10.0 Å². The largest absolute Gasteiger partial charge is 0.497 e. The van der Waals surface area contributed by atoms with E-state index in [2.05, 4.69) is 4.72 Å². The minimum atomic E-state index is -4.80. The van der Waals surface area contributed by atoms with Crippen LogP contribution in [0.1, 0.15) is 5.56 Å². The van der Waals surface area contributed by atoms with E-state index >= 15 is 0 Å². The number of ether oxygens (including phenoxy) is 1. The van der Waals surface area contributed by atoms with E-state index < -0.39 is 26.7 Å². The van der Waals surface area contributed by atoms with Crippen molar-refractivity contribution in [1.82, 2.24) is 0 Å². The van der Waals surface area contributed by atoms with E-state index in [1.807, 2.05) is 0 Å². The Labute approximate surface area is 135 Å². The summed E-state index contributed by atoms with van der Waals surface area (Å²) < 4.78 is 70.5. The van der Waals surface area contributed by atoms with Crippen molar-refractivity contribution in [3.05, 3.63) is 53.1 Å². The Morgan fingerprint density at radius 3 is 2.39 bits per heavy atom. The van der Waals surface area contributed by atoms with Gasteiger partial charge in [-0.2, -0.15) is 13.2 Å². The highest BCUT2D eigenvalue weighted by Crippen LogP contribution is 2.35. The van der Waals surface area contributed by atoms with Crippen LogP contribution in [0.15, 0.2) is 47.4 Å². The predicted octanol–water partition coefficient (Wildman–Crippen LogP) is 4.17. The van der Waals surface area contributed by atoms with Crippen molar-refractivity contribution in [2.75, 3.05) is 11.8 Å². The zero-order valence-corrected chi connectivity index (χ0v) is 13.3. The second-order valence-electron chi connectivity index (χ2n) is 4.45. The third-order valence-electron chi connectivity index (χ3n) is 2.90. The molecule has 0 aromatic heterocycles. The molecule has 124 valence electrons. The van der Waals surface area contributed by atoms with Crippen LogP contribution < -0.4 is 9.46 Å². The molecule has 0 saturated heterocycles. The molecule has 0 aliphatic heterocycles.